The summed E-state index contributed by atoms with van der Waals surface area (Å²) in [4.78, 5) is 13.5. The topological polar surface area (TPSA) is 49.8 Å². The number of aliphatic carboxylic acids is 1. The van der Waals surface area contributed by atoms with Gasteiger partial charge in [-0.3, -0.25) is 4.79 Å². The second-order valence-corrected chi connectivity index (χ2v) is 5.92. The van der Waals surface area contributed by atoms with E-state index >= 15 is 0 Å². The number of fused-ring (bicyclic) bond motifs is 1. The highest BCUT2D eigenvalue weighted by molar-refractivity contribution is 5.73. The first kappa shape index (κ1) is 13.4. The van der Waals surface area contributed by atoms with Crippen LogP contribution in [0.2, 0.25) is 0 Å². The zero-order valence-corrected chi connectivity index (χ0v) is 11.8. The molecule has 0 radical (unpaired) electrons. The van der Waals surface area contributed by atoms with E-state index in [0.29, 0.717) is 19.1 Å². The van der Waals surface area contributed by atoms with E-state index in [9.17, 15) is 9.90 Å². The summed E-state index contributed by atoms with van der Waals surface area (Å²) in [6.45, 7) is 3.48. The smallest absolute Gasteiger partial charge is 0.308 e. The monoisotopic (exact) mass is 275 g/mol. The van der Waals surface area contributed by atoms with Gasteiger partial charge in [0, 0.05) is 18.8 Å². The summed E-state index contributed by atoms with van der Waals surface area (Å²) < 4.78 is 5.89. The van der Waals surface area contributed by atoms with Crippen molar-refractivity contribution in [3.8, 4) is 0 Å². The maximum atomic E-state index is 11.3. The van der Waals surface area contributed by atoms with Gasteiger partial charge in [0.1, 0.15) is 0 Å². The molecule has 0 aromatic heterocycles. The molecule has 0 aliphatic carbocycles. The number of carboxylic acids is 1. The minimum Gasteiger partial charge on any atom is -0.481 e. The van der Waals surface area contributed by atoms with Crippen LogP contribution >= 0.6 is 0 Å². The summed E-state index contributed by atoms with van der Waals surface area (Å²) in [5, 5.41) is 9.33. The van der Waals surface area contributed by atoms with Crippen LogP contribution in [0, 0.1) is 5.92 Å². The van der Waals surface area contributed by atoms with Crippen LogP contribution in [0.4, 0.5) is 5.69 Å². The molecule has 4 nitrogen and oxygen atoms in total. The van der Waals surface area contributed by atoms with E-state index in [4.69, 9.17) is 4.74 Å². The van der Waals surface area contributed by atoms with Gasteiger partial charge in [-0.25, -0.2) is 0 Å². The summed E-state index contributed by atoms with van der Waals surface area (Å²) in [6, 6.07) is 8.13. The van der Waals surface area contributed by atoms with Gasteiger partial charge >= 0.3 is 5.97 Å². The highest BCUT2D eigenvalue weighted by Gasteiger charge is 2.31. The van der Waals surface area contributed by atoms with Crippen LogP contribution in [0.25, 0.3) is 0 Å². The predicted molar refractivity (Wildman–Crippen MR) is 77.1 cm³/mol. The molecule has 0 bridgehead atoms. The van der Waals surface area contributed by atoms with Gasteiger partial charge in [0.2, 0.25) is 0 Å². The van der Waals surface area contributed by atoms with E-state index in [0.717, 1.165) is 24.9 Å². The fourth-order valence-electron chi connectivity index (χ4n) is 3.29. The number of nitrogens with zero attached hydrogens (tertiary/aromatic N) is 1. The van der Waals surface area contributed by atoms with Crippen LogP contribution in [0.3, 0.4) is 0 Å². The zero-order valence-electron chi connectivity index (χ0n) is 11.8. The number of para-hydroxylation sites is 1. The summed E-state index contributed by atoms with van der Waals surface area (Å²) >= 11 is 0. The number of hydrogen-bond donors (Lipinski definition) is 1. The molecule has 1 saturated heterocycles. The maximum absolute atomic E-state index is 11.3. The van der Waals surface area contributed by atoms with Crippen molar-refractivity contribution in [1.29, 1.82) is 0 Å². The molecule has 0 amide bonds. The van der Waals surface area contributed by atoms with Crippen molar-refractivity contribution in [3.05, 3.63) is 29.8 Å². The Balaban J connectivity index is 1.79. The largest absolute Gasteiger partial charge is 0.481 e. The van der Waals surface area contributed by atoms with Gasteiger partial charge in [0.05, 0.1) is 18.1 Å². The van der Waals surface area contributed by atoms with Gasteiger partial charge in [-0.1, -0.05) is 18.2 Å². The SMILES string of the molecule is CC1CCC(CN2CC(C(=O)O)Cc3ccccc32)O1. The zero-order chi connectivity index (χ0) is 14.1. The molecule has 4 heteroatoms. The van der Waals surface area contributed by atoms with Crippen molar-refractivity contribution in [2.24, 2.45) is 5.92 Å². The Kier molecular flexibility index (Phi) is 3.66. The number of carboxylic acid groups (broad SMARTS) is 1. The van der Waals surface area contributed by atoms with Crippen LogP contribution in [0.1, 0.15) is 25.3 Å². The molecule has 3 rings (SSSR count). The Morgan fingerprint density at radius 1 is 1.40 bits per heavy atom. The number of hydrogen-bond acceptors (Lipinski definition) is 3. The third kappa shape index (κ3) is 2.66. The average molecular weight is 275 g/mol. The summed E-state index contributed by atoms with van der Waals surface area (Å²) in [5.41, 5.74) is 2.31. The van der Waals surface area contributed by atoms with E-state index in [1.807, 2.05) is 18.2 Å². The molecule has 3 atom stereocenters. The third-order valence-electron chi connectivity index (χ3n) is 4.33. The first-order valence-corrected chi connectivity index (χ1v) is 7.34. The number of benzene rings is 1. The molecule has 20 heavy (non-hydrogen) atoms. The Bertz CT molecular complexity index is 502. The van der Waals surface area contributed by atoms with Gasteiger partial charge in [0.25, 0.3) is 0 Å². The fraction of sp³-hybridized carbons (Fsp3) is 0.562. The van der Waals surface area contributed by atoms with Gasteiger partial charge in [-0.05, 0) is 37.8 Å². The first-order chi connectivity index (χ1) is 9.63. The van der Waals surface area contributed by atoms with Gasteiger partial charge in [-0.2, -0.15) is 0 Å². The fourth-order valence-corrected chi connectivity index (χ4v) is 3.29. The quantitative estimate of drug-likeness (QED) is 0.919. The van der Waals surface area contributed by atoms with E-state index in [-0.39, 0.29) is 12.0 Å². The van der Waals surface area contributed by atoms with Crippen molar-refractivity contribution >= 4 is 11.7 Å². The first-order valence-electron chi connectivity index (χ1n) is 7.34. The van der Waals surface area contributed by atoms with Crippen LogP contribution in [-0.2, 0) is 16.0 Å². The highest BCUT2D eigenvalue weighted by Crippen LogP contribution is 2.31. The van der Waals surface area contributed by atoms with Crippen LogP contribution in [0.15, 0.2) is 24.3 Å². The summed E-state index contributed by atoms with van der Waals surface area (Å²) in [7, 11) is 0. The molecular formula is C16H21NO3. The number of rotatable bonds is 3. The molecular weight excluding hydrogens is 254 g/mol. The molecule has 0 spiro atoms. The van der Waals surface area contributed by atoms with E-state index < -0.39 is 5.97 Å². The van der Waals surface area contributed by atoms with Crippen LogP contribution < -0.4 is 4.90 Å². The molecule has 108 valence electrons. The van der Waals surface area contributed by atoms with Gasteiger partial charge in [0.15, 0.2) is 0 Å². The molecule has 0 saturated carbocycles. The van der Waals surface area contributed by atoms with Crippen molar-refractivity contribution in [2.75, 3.05) is 18.0 Å². The Morgan fingerprint density at radius 2 is 2.20 bits per heavy atom. The lowest BCUT2D eigenvalue weighted by molar-refractivity contribution is -0.141. The Morgan fingerprint density at radius 3 is 2.90 bits per heavy atom. The average Bonchev–Trinajstić information content (AvgIpc) is 2.84. The number of ether oxygens (including phenoxy) is 1. The minimum absolute atomic E-state index is 0.227. The van der Waals surface area contributed by atoms with Crippen molar-refractivity contribution in [2.45, 2.75) is 38.4 Å². The molecule has 1 aromatic rings. The van der Waals surface area contributed by atoms with Gasteiger partial charge < -0.3 is 14.7 Å². The van der Waals surface area contributed by atoms with Crippen LogP contribution in [-0.4, -0.2) is 36.4 Å². The van der Waals surface area contributed by atoms with E-state index in [1.165, 1.54) is 5.69 Å². The lowest BCUT2D eigenvalue weighted by Crippen LogP contribution is -2.42. The van der Waals surface area contributed by atoms with Gasteiger partial charge in [-0.15, -0.1) is 0 Å². The normalized spacial score (nSPS) is 29.2. The minimum atomic E-state index is -0.704. The number of carbonyl (C=O) groups is 1. The van der Waals surface area contributed by atoms with Crippen LogP contribution in [0.5, 0.6) is 0 Å². The second-order valence-electron chi connectivity index (χ2n) is 5.92. The molecule has 3 unspecified atom stereocenters. The van der Waals surface area contributed by atoms with E-state index in [2.05, 4.69) is 17.9 Å². The Hall–Kier alpha value is -1.55. The molecule has 1 aromatic carbocycles. The summed E-state index contributed by atoms with van der Waals surface area (Å²) in [5.74, 6) is -1.02. The molecule has 2 aliphatic rings. The standard InChI is InChI=1S/C16H21NO3/c1-11-6-7-14(20-11)10-17-9-13(16(18)19)8-12-4-2-3-5-15(12)17/h2-5,11,13-14H,6-10H2,1H3,(H,18,19). The molecule has 1 fully saturated rings. The lowest BCUT2D eigenvalue weighted by Gasteiger charge is -2.36. The summed E-state index contributed by atoms with van der Waals surface area (Å²) in [6.07, 6.45) is 3.35. The molecule has 2 aliphatic heterocycles. The van der Waals surface area contributed by atoms with Crippen molar-refractivity contribution in [1.82, 2.24) is 0 Å². The highest BCUT2D eigenvalue weighted by atomic mass is 16.5. The second kappa shape index (κ2) is 5.44. The van der Waals surface area contributed by atoms with Crippen molar-refractivity contribution in [3.63, 3.8) is 0 Å². The number of anilines is 1. The molecule has 1 N–H and O–H groups in total. The predicted octanol–water partition coefficient (Wildman–Crippen LogP) is 2.32. The Labute approximate surface area is 119 Å². The van der Waals surface area contributed by atoms with Crippen molar-refractivity contribution < 1.29 is 14.6 Å². The van der Waals surface area contributed by atoms with E-state index in [1.54, 1.807) is 0 Å². The third-order valence-corrected chi connectivity index (χ3v) is 4.33. The lowest BCUT2D eigenvalue weighted by atomic mass is 9.92. The maximum Gasteiger partial charge on any atom is 0.308 e. The molecule has 2 heterocycles.